The zero-order chi connectivity index (χ0) is 11.5. The minimum atomic E-state index is -0.229. The molecule has 16 heavy (non-hydrogen) atoms. The van der Waals surface area contributed by atoms with Crippen molar-refractivity contribution in [1.29, 1.82) is 0 Å². The maximum absolute atomic E-state index is 11.8. The van der Waals surface area contributed by atoms with Crippen LogP contribution in [0.3, 0.4) is 0 Å². The molecule has 2 aromatic heterocycles. The predicted octanol–water partition coefficient (Wildman–Crippen LogP) is 1.83. The molecule has 82 valence electrons. The van der Waals surface area contributed by atoms with Gasteiger partial charge in [-0.05, 0) is 28.1 Å². The van der Waals surface area contributed by atoms with Gasteiger partial charge in [0.05, 0.1) is 16.2 Å². The molecule has 0 bridgehead atoms. The number of amides is 1. The molecule has 0 atom stereocenters. The van der Waals surface area contributed by atoms with Gasteiger partial charge in [0.1, 0.15) is 5.82 Å². The number of hydrogen-bond donors (Lipinski definition) is 1. The number of rotatable bonds is 2. The fourth-order valence-corrected chi connectivity index (χ4v) is 1.55. The minimum absolute atomic E-state index is 0.229. The van der Waals surface area contributed by atoms with E-state index in [1.165, 1.54) is 6.20 Å². The largest absolute Gasteiger partial charge is 0.306 e. The summed E-state index contributed by atoms with van der Waals surface area (Å²) in [5.74, 6) is 0.267. The Morgan fingerprint density at radius 1 is 1.56 bits per heavy atom. The molecule has 0 aromatic carbocycles. The number of aromatic nitrogens is 3. The summed E-state index contributed by atoms with van der Waals surface area (Å²) in [5, 5.41) is 6.62. The molecule has 2 aromatic rings. The molecule has 2 heterocycles. The molecule has 0 saturated heterocycles. The molecule has 0 aliphatic carbocycles. The van der Waals surface area contributed by atoms with Gasteiger partial charge in [0, 0.05) is 19.4 Å². The zero-order valence-corrected chi connectivity index (χ0v) is 10.1. The van der Waals surface area contributed by atoms with Crippen molar-refractivity contribution in [3.05, 3.63) is 40.8 Å². The normalized spacial score (nSPS) is 10.1. The Balaban J connectivity index is 2.17. The van der Waals surface area contributed by atoms with E-state index in [1.54, 1.807) is 30.2 Å². The number of carbonyl (C=O) groups excluding carboxylic acids is 1. The van der Waals surface area contributed by atoms with Crippen LogP contribution in [-0.2, 0) is 7.05 Å². The van der Waals surface area contributed by atoms with Crippen LogP contribution in [0.1, 0.15) is 10.4 Å². The summed E-state index contributed by atoms with van der Waals surface area (Å²) in [6, 6.07) is 3.59. The number of anilines is 1. The second-order valence-corrected chi connectivity index (χ2v) is 4.04. The second-order valence-electron chi connectivity index (χ2n) is 3.19. The standard InChI is InChI=1S/C10H9BrN4O/c1-15-6-7(5-13-15)10(16)14-9-8(11)3-2-4-12-9/h2-6H,1H3,(H,12,14,16). The SMILES string of the molecule is Cn1cc(C(=O)Nc2ncccc2Br)cn1. The van der Waals surface area contributed by atoms with Gasteiger partial charge >= 0.3 is 0 Å². The molecule has 6 heteroatoms. The monoisotopic (exact) mass is 280 g/mol. The van der Waals surface area contributed by atoms with E-state index in [0.29, 0.717) is 11.4 Å². The third kappa shape index (κ3) is 2.27. The smallest absolute Gasteiger partial charge is 0.260 e. The third-order valence-corrected chi connectivity index (χ3v) is 2.60. The van der Waals surface area contributed by atoms with Crippen LogP contribution >= 0.6 is 15.9 Å². The van der Waals surface area contributed by atoms with E-state index < -0.39 is 0 Å². The van der Waals surface area contributed by atoms with Crippen molar-refractivity contribution in [2.75, 3.05) is 5.32 Å². The fraction of sp³-hybridized carbons (Fsp3) is 0.100. The van der Waals surface area contributed by atoms with E-state index in [-0.39, 0.29) is 5.91 Å². The molecule has 1 N–H and O–H groups in total. The van der Waals surface area contributed by atoms with Crippen molar-refractivity contribution in [2.24, 2.45) is 7.05 Å². The third-order valence-electron chi connectivity index (χ3n) is 1.96. The number of nitrogens with zero attached hydrogens (tertiary/aromatic N) is 3. The van der Waals surface area contributed by atoms with E-state index in [0.717, 1.165) is 4.47 Å². The van der Waals surface area contributed by atoms with Crippen molar-refractivity contribution in [2.45, 2.75) is 0 Å². The van der Waals surface area contributed by atoms with Gasteiger partial charge in [-0.1, -0.05) is 0 Å². The first-order valence-corrected chi connectivity index (χ1v) is 5.36. The van der Waals surface area contributed by atoms with Gasteiger partial charge in [0.25, 0.3) is 5.91 Å². The molecular formula is C10H9BrN4O. The molecule has 0 fully saturated rings. The number of halogens is 1. The Morgan fingerprint density at radius 3 is 3.00 bits per heavy atom. The predicted molar refractivity (Wildman–Crippen MR) is 63.1 cm³/mol. The van der Waals surface area contributed by atoms with Crippen LogP contribution in [0.15, 0.2) is 35.2 Å². The van der Waals surface area contributed by atoms with Gasteiger partial charge in [-0.3, -0.25) is 9.48 Å². The lowest BCUT2D eigenvalue weighted by Crippen LogP contribution is -2.12. The molecule has 0 radical (unpaired) electrons. The second kappa shape index (κ2) is 4.44. The number of pyridine rings is 1. The van der Waals surface area contributed by atoms with E-state index in [9.17, 15) is 4.79 Å². The van der Waals surface area contributed by atoms with E-state index in [1.807, 2.05) is 6.07 Å². The molecule has 0 saturated carbocycles. The Kier molecular flexibility index (Phi) is 3.00. The maximum Gasteiger partial charge on any atom is 0.260 e. The molecule has 0 aliphatic rings. The number of hydrogen-bond acceptors (Lipinski definition) is 3. The van der Waals surface area contributed by atoms with Crippen LogP contribution in [0.25, 0.3) is 0 Å². The first-order chi connectivity index (χ1) is 7.66. The van der Waals surface area contributed by atoms with Crippen molar-refractivity contribution in [3.63, 3.8) is 0 Å². The van der Waals surface area contributed by atoms with Gasteiger partial charge in [0.2, 0.25) is 0 Å². The van der Waals surface area contributed by atoms with E-state index in [2.05, 4.69) is 31.3 Å². The zero-order valence-electron chi connectivity index (χ0n) is 8.51. The molecular weight excluding hydrogens is 272 g/mol. The average molecular weight is 281 g/mol. The van der Waals surface area contributed by atoms with Gasteiger partial charge in [-0.2, -0.15) is 5.10 Å². The summed E-state index contributed by atoms with van der Waals surface area (Å²) in [5.41, 5.74) is 0.500. The molecule has 5 nitrogen and oxygen atoms in total. The number of nitrogens with one attached hydrogen (secondary N) is 1. The quantitative estimate of drug-likeness (QED) is 0.913. The highest BCUT2D eigenvalue weighted by atomic mass is 79.9. The molecule has 0 unspecified atom stereocenters. The number of aryl methyl sites for hydroxylation is 1. The van der Waals surface area contributed by atoms with Gasteiger partial charge in [-0.25, -0.2) is 4.98 Å². The molecule has 0 spiro atoms. The molecule has 1 amide bonds. The first kappa shape index (κ1) is 10.8. The van der Waals surface area contributed by atoms with Gasteiger partial charge in [-0.15, -0.1) is 0 Å². The summed E-state index contributed by atoms with van der Waals surface area (Å²) in [4.78, 5) is 15.8. The van der Waals surface area contributed by atoms with Crippen molar-refractivity contribution < 1.29 is 4.79 Å². The van der Waals surface area contributed by atoms with Gasteiger partial charge < -0.3 is 5.32 Å². The Morgan fingerprint density at radius 2 is 2.38 bits per heavy atom. The summed E-state index contributed by atoms with van der Waals surface area (Å²) in [6.45, 7) is 0. The van der Waals surface area contributed by atoms with Crippen LogP contribution < -0.4 is 5.32 Å². The lowest BCUT2D eigenvalue weighted by Gasteiger charge is -2.03. The minimum Gasteiger partial charge on any atom is -0.306 e. The highest BCUT2D eigenvalue weighted by molar-refractivity contribution is 9.10. The topological polar surface area (TPSA) is 59.8 Å². The van der Waals surface area contributed by atoms with Gasteiger partial charge in [0.15, 0.2) is 0 Å². The van der Waals surface area contributed by atoms with Crippen molar-refractivity contribution in [3.8, 4) is 0 Å². The maximum atomic E-state index is 11.8. The summed E-state index contributed by atoms with van der Waals surface area (Å²) in [6.07, 6.45) is 4.77. The lowest BCUT2D eigenvalue weighted by atomic mass is 10.3. The lowest BCUT2D eigenvalue weighted by molar-refractivity contribution is 0.102. The van der Waals surface area contributed by atoms with E-state index >= 15 is 0 Å². The Labute approximate surface area is 101 Å². The summed E-state index contributed by atoms with van der Waals surface area (Å²) >= 11 is 3.30. The fourth-order valence-electron chi connectivity index (χ4n) is 1.20. The van der Waals surface area contributed by atoms with Crippen LogP contribution in [0.4, 0.5) is 5.82 Å². The highest BCUT2D eigenvalue weighted by Crippen LogP contribution is 2.18. The number of carbonyl (C=O) groups is 1. The van der Waals surface area contributed by atoms with Crippen molar-refractivity contribution >= 4 is 27.7 Å². The summed E-state index contributed by atoms with van der Waals surface area (Å²) in [7, 11) is 1.76. The Bertz CT molecular complexity index is 523. The van der Waals surface area contributed by atoms with Crippen LogP contribution in [0.5, 0.6) is 0 Å². The van der Waals surface area contributed by atoms with Crippen LogP contribution in [0.2, 0.25) is 0 Å². The molecule has 0 aliphatic heterocycles. The van der Waals surface area contributed by atoms with Crippen LogP contribution in [-0.4, -0.2) is 20.7 Å². The molecule has 2 rings (SSSR count). The average Bonchev–Trinajstić information content (AvgIpc) is 2.68. The van der Waals surface area contributed by atoms with Crippen molar-refractivity contribution in [1.82, 2.24) is 14.8 Å². The first-order valence-electron chi connectivity index (χ1n) is 4.57. The summed E-state index contributed by atoms with van der Waals surface area (Å²) < 4.78 is 2.31. The Hall–Kier alpha value is -1.69. The van der Waals surface area contributed by atoms with E-state index in [4.69, 9.17) is 0 Å². The highest BCUT2D eigenvalue weighted by Gasteiger charge is 2.10. The van der Waals surface area contributed by atoms with Crippen LogP contribution in [0, 0.1) is 0 Å².